The molecule has 1 N–H and O–H groups in total. The standard InChI is InChI=1S/C25H34BrN3O4S/c1-18-16-21(12-13-22(18)26)29(34(6,32)33)17-23(30)28(15-14-20-10-8-7-9-11-20)19(2)24(31)27-25(3,4)5/h7-13,16,19H,14-15,17H2,1-6H3,(H,27,31)/t19-/m0/s1. The molecule has 2 rings (SSSR count). The van der Waals surface area contributed by atoms with Crippen LogP contribution in [-0.2, 0) is 26.0 Å². The van der Waals surface area contributed by atoms with Gasteiger partial charge in [0.05, 0.1) is 11.9 Å². The monoisotopic (exact) mass is 551 g/mol. The second kappa shape index (κ2) is 11.4. The van der Waals surface area contributed by atoms with Crippen molar-refractivity contribution >= 4 is 43.5 Å². The van der Waals surface area contributed by atoms with Crippen LogP contribution >= 0.6 is 15.9 Å². The van der Waals surface area contributed by atoms with Crippen molar-refractivity contribution in [1.29, 1.82) is 0 Å². The van der Waals surface area contributed by atoms with Crippen LogP contribution < -0.4 is 9.62 Å². The lowest BCUT2D eigenvalue weighted by molar-refractivity contribution is -0.139. The molecule has 1 atom stereocenters. The fourth-order valence-corrected chi connectivity index (χ4v) is 4.53. The highest BCUT2D eigenvalue weighted by Crippen LogP contribution is 2.25. The third-order valence-corrected chi connectivity index (χ3v) is 7.29. The molecule has 9 heteroatoms. The maximum absolute atomic E-state index is 13.5. The van der Waals surface area contributed by atoms with Crippen LogP contribution in [0.25, 0.3) is 0 Å². The summed E-state index contributed by atoms with van der Waals surface area (Å²) in [6.07, 6.45) is 1.61. The molecule has 0 aromatic heterocycles. The number of carbonyl (C=O) groups excluding carboxylic acids is 2. The number of nitrogens with zero attached hydrogens (tertiary/aromatic N) is 2. The van der Waals surface area contributed by atoms with E-state index in [4.69, 9.17) is 0 Å². The molecule has 0 spiro atoms. The second-order valence-corrected chi connectivity index (χ2v) is 12.2. The lowest BCUT2D eigenvalue weighted by Crippen LogP contribution is -2.55. The van der Waals surface area contributed by atoms with Gasteiger partial charge in [0.2, 0.25) is 21.8 Å². The molecule has 2 aromatic rings. The Morgan fingerprint density at radius 1 is 1.09 bits per heavy atom. The number of amides is 2. The van der Waals surface area contributed by atoms with Crippen molar-refractivity contribution in [1.82, 2.24) is 10.2 Å². The van der Waals surface area contributed by atoms with Crippen molar-refractivity contribution in [3.8, 4) is 0 Å². The van der Waals surface area contributed by atoms with Gasteiger partial charge in [-0.1, -0.05) is 46.3 Å². The summed E-state index contributed by atoms with van der Waals surface area (Å²) in [6.45, 7) is 9.00. The Morgan fingerprint density at radius 2 is 1.71 bits per heavy atom. The van der Waals surface area contributed by atoms with Gasteiger partial charge in [0.15, 0.2) is 0 Å². The largest absolute Gasteiger partial charge is 0.350 e. The van der Waals surface area contributed by atoms with Crippen LogP contribution in [0.5, 0.6) is 0 Å². The third-order valence-electron chi connectivity index (χ3n) is 5.26. The minimum Gasteiger partial charge on any atom is -0.350 e. The summed E-state index contributed by atoms with van der Waals surface area (Å²) in [6, 6.07) is 14.0. The average molecular weight is 553 g/mol. The van der Waals surface area contributed by atoms with E-state index < -0.39 is 34.1 Å². The first-order chi connectivity index (χ1) is 15.7. The fraction of sp³-hybridized carbons (Fsp3) is 0.440. The summed E-state index contributed by atoms with van der Waals surface area (Å²) >= 11 is 3.42. The summed E-state index contributed by atoms with van der Waals surface area (Å²) < 4.78 is 27.2. The SMILES string of the molecule is Cc1cc(N(CC(=O)N(CCc2ccccc2)[C@@H](C)C(=O)NC(C)(C)C)S(C)(=O)=O)ccc1Br. The molecule has 0 fully saturated rings. The summed E-state index contributed by atoms with van der Waals surface area (Å²) in [5.74, 6) is -0.738. The number of anilines is 1. The van der Waals surface area contributed by atoms with E-state index in [0.717, 1.165) is 26.2 Å². The van der Waals surface area contributed by atoms with Crippen molar-refractivity contribution < 1.29 is 18.0 Å². The van der Waals surface area contributed by atoms with Crippen molar-refractivity contribution in [3.63, 3.8) is 0 Å². The molecular formula is C25H34BrN3O4S. The van der Waals surface area contributed by atoms with E-state index in [2.05, 4.69) is 21.2 Å². The van der Waals surface area contributed by atoms with Crippen molar-refractivity contribution in [2.24, 2.45) is 0 Å². The maximum Gasteiger partial charge on any atom is 0.244 e. The van der Waals surface area contributed by atoms with Crippen LogP contribution in [0.4, 0.5) is 5.69 Å². The summed E-state index contributed by atoms with van der Waals surface area (Å²) in [5.41, 5.74) is 1.80. The fourth-order valence-electron chi connectivity index (χ4n) is 3.44. The van der Waals surface area contributed by atoms with Gasteiger partial charge in [-0.2, -0.15) is 0 Å². The van der Waals surface area contributed by atoms with Crippen LogP contribution in [-0.4, -0.2) is 56.1 Å². The number of aryl methyl sites for hydroxylation is 1. The lowest BCUT2D eigenvalue weighted by Gasteiger charge is -2.33. The quantitative estimate of drug-likeness (QED) is 0.512. The number of rotatable bonds is 9. The van der Waals surface area contributed by atoms with Gasteiger partial charge in [0.25, 0.3) is 0 Å². The number of nitrogens with one attached hydrogen (secondary N) is 1. The van der Waals surface area contributed by atoms with Crippen molar-refractivity contribution in [2.75, 3.05) is 23.7 Å². The van der Waals surface area contributed by atoms with Crippen LogP contribution in [0.15, 0.2) is 53.0 Å². The first-order valence-corrected chi connectivity index (χ1v) is 13.7. The van der Waals surface area contributed by atoms with Crippen LogP contribution in [0.2, 0.25) is 0 Å². The summed E-state index contributed by atoms with van der Waals surface area (Å²) in [4.78, 5) is 27.9. The molecule has 0 unspecified atom stereocenters. The van der Waals surface area contributed by atoms with E-state index in [1.807, 2.05) is 58.0 Å². The molecule has 0 saturated heterocycles. The molecule has 0 aliphatic carbocycles. The molecule has 2 amide bonds. The number of hydrogen-bond donors (Lipinski definition) is 1. The molecule has 0 aliphatic rings. The zero-order chi connectivity index (χ0) is 25.7. The average Bonchev–Trinajstić information content (AvgIpc) is 2.72. The smallest absolute Gasteiger partial charge is 0.244 e. The number of halogens is 1. The second-order valence-electron chi connectivity index (χ2n) is 9.44. The summed E-state index contributed by atoms with van der Waals surface area (Å²) in [7, 11) is -3.75. The Labute approximate surface area is 211 Å². The highest BCUT2D eigenvalue weighted by Gasteiger charge is 2.31. The number of sulfonamides is 1. The number of hydrogen-bond acceptors (Lipinski definition) is 4. The van der Waals surface area contributed by atoms with E-state index >= 15 is 0 Å². The maximum atomic E-state index is 13.5. The van der Waals surface area contributed by atoms with E-state index in [1.54, 1.807) is 25.1 Å². The molecule has 34 heavy (non-hydrogen) atoms. The van der Waals surface area contributed by atoms with Gasteiger partial charge in [-0.3, -0.25) is 13.9 Å². The number of benzene rings is 2. The molecular weight excluding hydrogens is 518 g/mol. The predicted molar refractivity (Wildman–Crippen MR) is 140 cm³/mol. The van der Waals surface area contributed by atoms with E-state index in [9.17, 15) is 18.0 Å². The van der Waals surface area contributed by atoms with Crippen LogP contribution in [0.3, 0.4) is 0 Å². The zero-order valence-electron chi connectivity index (χ0n) is 20.6. The van der Waals surface area contributed by atoms with Crippen LogP contribution in [0.1, 0.15) is 38.8 Å². The van der Waals surface area contributed by atoms with Crippen molar-refractivity contribution in [3.05, 3.63) is 64.1 Å². The Morgan fingerprint density at radius 3 is 2.24 bits per heavy atom. The summed E-state index contributed by atoms with van der Waals surface area (Å²) in [5, 5.41) is 2.91. The van der Waals surface area contributed by atoms with Gasteiger partial charge in [0, 0.05) is 16.6 Å². The third kappa shape index (κ3) is 8.13. The molecule has 186 valence electrons. The molecule has 0 bridgehead atoms. The number of carbonyl (C=O) groups is 2. The molecule has 0 saturated carbocycles. The Balaban J connectivity index is 2.34. The Bertz CT molecular complexity index is 1110. The first-order valence-electron chi connectivity index (χ1n) is 11.1. The van der Waals surface area contributed by atoms with Gasteiger partial charge in [0.1, 0.15) is 12.6 Å². The predicted octanol–water partition coefficient (Wildman–Crippen LogP) is 3.90. The highest BCUT2D eigenvalue weighted by molar-refractivity contribution is 9.10. The first kappa shape index (κ1) is 27.9. The molecule has 7 nitrogen and oxygen atoms in total. The van der Waals surface area contributed by atoms with E-state index in [0.29, 0.717) is 12.1 Å². The van der Waals surface area contributed by atoms with E-state index in [-0.39, 0.29) is 12.5 Å². The zero-order valence-corrected chi connectivity index (χ0v) is 23.0. The van der Waals surface area contributed by atoms with Crippen molar-refractivity contribution in [2.45, 2.75) is 52.6 Å². The van der Waals surface area contributed by atoms with E-state index in [1.165, 1.54) is 4.90 Å². The topological polar surface area (TPSA) is 86.8 Å². The van der Waals surface area contributed by atoms with Gasteiger partial charge in [-0.15, -0.1) is 0 Å². The minimum absolute atomic E-state index is 0.276. The Hall–Kier alpha value is -2.39. The minimum atomic E-state index is -3.75. The molecule has 0 radical (unpaired) electrons. The Kier molecular flexibility index (Phi) is 9.30. The molecule has 0 heterocycles. The highest BCUT2D eigenvalue weighted by atomic mass is 79.9. The van der Waals surface area contributed by atoms with Gasteiger partial charge in [-0.25, -0.2) is 8.42 Å². The lowest BCUT2D eigenvalue weighted by atomic mass is 10.1. The van der Waals surface area contributed by atoms with Gasteiger partial charge in [-0.05, 0) is 70.4 Å². The van der Waals surface area contributed by atoms with Crippen LogP contribution in [0, 0.1) is 6.92 Å². The van der Waals surface area contributed by atoms with Gasteiger partial charge < -0.3 is 10.2 Å². The molecule has 2 aromatic carbocycles. The van der Waals surface area contributed by atoms with Gasteiger partial charge >= 0.3 is 0 Å². The molecule has 0 aliphatic heterocycles. The normalized spacial score (nSPS) is 12.7.